The topological polar surface area (TPSA) is 101 Å². The van der Waals surface area contributed by atoms with Crippen molar-refractivity contribution in [1.29, 1.82) is 0 Å². The molecule has 2 atom stereocenters. The van der Waals surface area contributed by atoms with Gasteiger partial charge in [-0.05, 0) is 0 Å². The number of ether oxygens (including phenoxy) is 2. The highest BCUT2D eigenvalue weighted by atomic mass is 16.5. The molecular weight excluding hydrogens is 290 g/mol. The van der Waals surface area contributed by atoms with Gasteiger partial charge in [0.25, 0.3) is 5.91 Å². The van der Waals surface area contributed by atoms with Gasteiger partial charge in [-0.1, -0.05) is 0 Å². The maximum Gasteiger partial charge on any atom is 0.270 e. The van der Waals surface area contributed by atoms with Gasteiger partial charge in [0.05, 0.1) is 32.3 Å². The molecule has 2 fully saturated rings. The number of fused-ring (bicyclic) bond motifs is 3. The summed E-state index contributed by atoms with van der Waals surface area (Å²) in [5.41, 5.74) is -0.184. The van der Waals surface area contributed by atoms with Crippen LogP contribution in [0.25, 0.3) is 0 Å². The second-order valence-electron chi connectivity index (χ2n) is 5.43. The molecule has 3 rings (SSSR count). The molecule has 0 saturated carbocycles. The average Bonchev–Trinajstić information content (AvgIpc) is 2.74. The van der Waals surface area contributed by atoms with Gasteiger partial charge in [0, 0.05) is 25.4 Å². The SMILES string of the molecule is COc1c[nH]c(C(=O)N2C[C@H]3COC[C@@H](C2)C(=O)N3)cc1=O. The van der Waals surface area contributed by atoms with Crippen LogP contribution in [0.3, 0.4) is 0 Å². The van der Waals surface area contributed by atoms with E-state index in [0.717, 1.165) is 0 Å². The number of carbonyl (C=O) groups is 2. The van der Waals surface area contributed by atoms with Crippen molar-refractivity contribution in [2.45, 2.75) is 6.04 Å². The van der Waals surface area contributed by atoms with E-state index in [1.165, 1.54) is 19.4 Å². The molecule has 2 bridgehead atoms. The lowest BCUT2D eigenvalue weighted by Crippen LogP contribution is -2.44. The number of carbonyl (C=O) groups excluding carboxylic acids is 2. The number of nitrogens with one attached hydrogen (secondary N) is 2. The fraction of sp³-hybridized carbons (Fsp3) is 0.500. The molecule has 2 aliphatic rings. The molecule has 0 spiro atoms. The van der Waals surface area contributed by atoms with E-state index < -0.39 is 0 Å². The van der Waals surface area contributed by atoms with E-state index in [2.05, 4.69) is 10.3 Å². The largest absolute Gasteiger partial charge is 0.491 e. The Kier molecular flexibility index (Phi) is 3.84. The van der Waals surface area contributed by atoms with Gasteiger partial charge in [-0.15, -0.1) is 0 Å². The second-order valence-corrected chi connectivity index (χ2v) is 5.43. The lowest BCUT2D eigenvalue weighted by Gasteiger charge is -2.27. The number of hydrogen-bond acceptors (Lipinski definition) is 5. The third kappa shape index (κ3) is 2.69. The molecule has 1 aromatic rings. The third-order valence-electron chi connectivity index (χ3n) is 3.85. The molecule has 0 radical (unpaired) electrons. The molecular formula is C14H17N3O5. The maximum atomic E-state index is 12.6. The Bertz CT molecular complexity index is 656. The molecule has 2 N–H and O–H groups in total. The molecule has 2 aliphatic heterocycles. The van der Waals surface area contributed by atoms with Crippen LogP contribution in [-0.2, 0) is 9.53 Å². The number of methoxy groups -OCH3 is 1. The summed E-state index contributed by atoms with van der Waals surface area (Å²) >= 11 is 0. The minimum atomic E-state index is -0.388. The van der Waals surface area contributed by atoms with E-state index >= 15 is 0 Å². The normalized spacial score (nSPS) is 24.4. The highest BCUT2D eigenvalue weighted by Gasteiger charge is 2.35. The lowest BCUT2D eigenvalue weighted by atomic mass is 10.1. The molecule has 0 aliphatic carbocycles. The Morgan fingerprint density at radius 3 is 2.91 bits per heavy atom. The molecule has 3 heterocycles. The van der Waals surface area contributed by atoms with Crippen molar-refractivity contribution < 1.29 is 19.1 Å². The van der Waals surface area contributed by atoms with Crippen molar-refractivity contribution in [1.82, 2.24) is 15.2 Å². The smallest absolute Gasteiger partial charge is 0.270 e. The fourth-order valence-corrected chi connectivity index (χ4v) is 2.71. The summed E-state index contributed by atoms with van der Waals surface area (Å²) in [6.07, 6.45) is 1.36. The number of rotatable bonds is 2. The second kappa shape index (κ2) is 5.80. The summed E-state index contributed by atoms with van der Waals surface area (Å²) in [5.74, 6) is -0.648. The zero-order chi connectivity index (χ0) is 15.7. The van der Waals surface area contributed by atoms with E-state index in [-0.39, 0.29) is 47.2 Å². The van der Waals surface area contributed by atoms with Crippen LogP contribution in [0, 0.1) is 5.92 Å². The highest BCUT2D eigenvalue weighted by Crippen LogP contribution is 2.15. The number of pyridine rings is 1. The van der Waals surface area contributed by atoms with E-state index in [0.29, 0.717) is 19.8 Å². The van der Waals surface area contributed by atoms with Crippen molar-refractivity contribution in [2.24, 2.45) is 5.92 Å². The number of hydrogen-bond donors (Lipinski definition) is 2. The summed E-state index contributed by atoms with van der Waals surface area (Å²) in [5, 5.41) is 2.86. The Labute approximate surface area is 126 Å². The number of H-pyrrole nitrogens is 1. The average molecular weight is 307 g/mol. The molecule has 0 aromatic carbocycles. The maximum absolute atomic E-state index is 12.6. The standard InChI is InChI=1S/C14H17N3O5/c1-21-12-3-15-10(2-11(12)18)14(20)17-4-8-6-22-7-9(5-17)16-13(8)19/h2-3,8-9H,4-7H2,1H3,(H,15,18)(H,16,19)/t8-,9+/m1/s1. The Morgan fingerprint density at radius 2 is 2.18 bits per heavy atom. The van der Waals surface area contributed by atoms with Gasteiger partial charge < -0.3 is 24.7 Å². The van der Waals surface area contributed by atoms with Crippen molar-refractivity contribution in [2.75, 3.05) is 33.4 Å². The summed E-state index contributed by atoms with van der Waals surface area (Å²) in [4.78, 5) is 40.6. The molecule has 118 valence electrons. The Hall–Kier alpha value is -2.35. The fourth-order valence-electron chi connectivity index (χ4n) is 2.71. The van der Waals surface area contributed by atoms with Gasteiger partial charge in [0.15, 0.2) is 5.75 Å². The summed E-state index contributed by atoms with van der Waals surface area (Å²) in [6, 6.07) is 0.988. The lowest BCUT2D eigenvalue weighted by molar-refractivity contribution is -0.125. The first kappa shape index (κ1) is 14.6. The van der Waals surface area contributed by atoms with Gasteiger partial charge >= 0.3 is 0 Å². The monoisotopic (exact) mass is 307 g/mol. The van der Waals surface area contributed by atoms with Crippen LogP contribution in [0.1, 0.15) is 10.5 Å². The first-order chi connectivity index (χ1) is 10.6. The first-order valence-electron chi connectivity index (χ1n) is 7.02. The van der Waals surface area contributed by atoms with Crippen molar-refractivity contribution in [3.63, 3.8) is 0 Å². The molecule has 8 nitrogen and oxygen atoms in total. The highest BCUT2D eigenvalue weighted by molar-refractivity contribution is 5.93. The first-order valence-corrected chi connectivity index (χ1v) is 7.02. The molecule has 8 heteroatoms. The number of nitrogens with zero attached hydrogens (tertiary/aromatic N) is 1. The van der Waals surface area contributed by atoms with Crippen LogP contribution < -0.4 is 15.5 Å². The quantitative estimate of drug-likeness (QED) is 0.727. The summed E-state index contributed by atoms with van der Waals surface area (Å²) < 4.78 is 10.3. The predicted molar refractivity (Wildman–Crippen MR) is 75.8 cm³/mol. The van der Waals surface area contributed by atoms with Crippen LogP contribution in [0.2, 0.25) is 0 Å². The number of amides is 2. The predicted octanol–water partition coefficient (Wildman–Crippen LogP) is -1.03. The molecule has 0 unspecified atom stereocenters. The van der Waals surface area contributed by atoms with E-state index in [4.69, 9.17) is 9.47 Å². The van der Waals surface area contributed by atoms with Gasteiger partial charge in [-0.3, -0.25) is 14.4 Å². The van der Waals surface area contributed by atoms with E-state index in [1.807, 2.05) is 0 Å². The molecule has 2 saturated heterocycles. The van der Waals surface area contributed by atoms with Crippen LogP contribution in [0.4, 0.5) is 0 Å². The van der Waals surface area contributed by atoms with E-state index in [9.17, 15) is 14.4 Å². The molecule has 22 heavy (non-hydrogen) atoms. The Morgan fingerprint density at radius 1 is 1.36 bits per heavy atom. The minimum absolute atomic E-state index is 0.0963. The molecule has 2 amide bonds. The number of aromatic amines is 1. The van der Waals surface area contributed by atoms with Crippen LogP contribution >= 0.6 is 0 Å². The zero-order valence-corrected chi connectivity index (χ0v) is 12.1. The van der Waals surface area contributed by atoms with Gasteiger partial charge in [0.2, 0.25) is 11.3 Å². The van der Waals surface area contributed by atoms with Crippen molar-refractivity contribution in [3.05, 3.63) is 28.2 Å². The van der Waals surface area contributed by atoms with Gasteiger partial charge in [-0.2, -0.15) is 0 Å². The summed E-state index contributed by atoms with van der Waals surface area (Å²) in [6.45, 7) is 1.31. The zero-order valence-electron chi connectivity index (χ0n) is 12.1. The minimum Gasteiger partial charge on any atom is -0.491 e. The summed E-state index contributed by atoms with van der Waals surface area (Å²) in [7, 11) is 1.39. The Balaban J connectivity index is 1.84. The van der Waals surface area contributed by atoms with Gasteiger partial charge in [-0.25, -0.2) is 0 Å². The number of aromatic nitrogens is 1. The van der Waals surface area contributed by atoms with E-state index in [1.54, 1.807) is 4.90 Å². The van der Waals surface area contributed by atoms with Crippen LogP contribution in [0.5, 0.6) is 5.75 Å². The van der Waals surface area contributed by atoms with Crippen LogP contribution in [0.15, 0.2) is 17.1 Å². The van der Waals surface area contributed by atoms with Crippen LogP contribution in [-0.4, -0.2) is 61.2 Å². The van der Waals surface area contributed by atoms with Crippen molar-refractivity contribution >= 4 is 11.8 Å². The van der Waals surface area contributed by atoms with Gasteiger partial charge in [0.1, 0.15) is 5.69 Å². The molecule has 1 aromatic heterocycles. The third-order valence-corrected chi connectivity index (χ3v) is 3.85. The van der Waals surface area contributed by atoms with Crippen molar-refractivity contribution in [3.8, 4) is 5.75 Å².